The highest BCUT2D eigenvalue weighted by molar-refractivity contribution is 8.13. The molecule has 0 saturated heterocycles. The predicted octanol–water partition coefficient (Wildman–Crippen LogP) is 2.28. The molecule has 92 valence electrons. The van der Waals surface area contributed by atoms with Gasteiger partial charge in [0, 0.05) is 16.9 Å². The molecule has 17 heavy (non-hydrogen) atoms. The van der Waals surface area contributed by atoms with Gasteiger partial charge in [-0.15, -0.1) is 0 Å². The van der Waals surface area contributed by atoms with Gasteiger partial charge in [0.15, 0.2) is 5.03 Å². The first kappa shape index (κ1) is 12.2. The summed E-state index contributed by atoms with van der Waals surface area (Å²) in [6.07, 6.45) is -2.65. The van der Waals surface area contributed by atoms with Crippen molar-refractivity contribution >= 4 is 25.4 Å². The fourth-order valence-corrected chi connectivity index (χ4v) is 2.22. The van der Waals surface area contributed by atoms with E-state index in [1.54, 1.807) is 0 Å². The topological polar surface area (TPSA) is 51.4 Å². The molecule has 0 N–H and O–H groups in total. The molecule has 0 fully saturated rings. The number of rotatable bonds is 1. The summed E-state index contributed by atoms with van der Waals surface area (Å²) in [4.78, 5) is 3.56. The first-order valence-electron chi connectivity index (χ1n) is 4.18. The lowest BCUT2D eigenvalue weighted by molar-refractivity contribution is -0.137. The van der Waals surface area contributed by atoms with Crippen molar-refractivity contribution in [1.29, 1.82) is 0 Å². The molecule has 0 saturated carbocycles. The minimum Gasteiger partial charge on any atom is -0.290 e. The molecule has 0 aliphatic carbocycles. The summed E-state index contributed by atoms with van der Waals surface area (Å²) in [5, 5.41) is -0.372. The molecule has 4 nitrogen and oxygen atoms in total. The van der Waals surface area contributed by atoms with Gasteiger partial charge >= 0.3 is 6.18 Å². The molecule has 0 atom stereocenters. The summed E-state index contributed by atoms with van der Waals surface area (Å²) in [5.41, 5.74) is -1.05. The SMILES string of the molecule is O=S(=O)(Cl)c1cnc2cc(C(F)(F)F)ccn12. The number of nitrogens with zero attached hydrogens (tertiary/aromatic N) is 2. The van der Waals surface area contributed by atoms with Crippen LogP contribution in [0.1, 0.15) is 5.56 Å². The molecule has 0 bridgehead atoms. The molecule has 9 heteroatoms. The fraction of sp³-hybridized carbons (Fsp3) is 0.125. The third-order valence-corrected chi connectivity index (χ3v) is 3.33. The molecule has 0 aliphatic heterocycles. The Balaban J connectivity index is 2.69. The zero-order valence-corrected chi connectivity index (χ0v) is 9.51. The average Bonchev–Trinajstić information content (AvgIpc) is 2.57. The summed E-state index contributed by atoms with van der Waals surface area (Å²) in [5.74, 6) is 0. The van der Waals surface area contributed by atoms with Crippen molar-refractivity contribution in [2.75, 3.05) is 0 Å². The molecule has 0 amide bonds. The first-order chi connectivity index (χ1) is 7.69. The predicted molar refractivity (Wildman–Crippen MR) is 53.2 cm³/mol. The van der Waals surface area contributed by atoms with Gasteiger partial charge in [0.2, 0.25) is 0 Å². The first-order valence-corrected chi connectivity index (χ1v) is 6.49. The van der Waals surface area contributed by atoms with Crippen LogP contribution in [0.3, 0.4) is 0 Å². The molecule has 2 rings (SSSR count). The largest absolute Gasteiger partial charge is 0.416 e. The Morgan fingerprint density at radius 3 is 2.53 bits per heavy atom. The fourth-order valence-electron chi connectivity index (χ4n) is 1.31. The van der Waals surface area contributed by atoms with Crippen molar-refractivity contribution < 1.29 is 21.6 Å². The zero-order valence-electron chi connectivity index (χ0n) is 7.94. The lowest BCUT2D eigenvalue weighted by atomic mass is 10.2. The quantitative estimate of drug-likeness (QED) is 0.755. The highest BCUT2D eigenvalue weighted by Gasteiger charge is 2.31. The van der Waals surface area contributed by atoms with E-state index in [-0.39, 0.29) is 10.7 Å². The van der Waals surface area contributed by atoms with Crippen LogP contribution >= 0.6 is 10.7 Å². The third kappa shape index (κ3) is 2.22. The van der Waals surface area contributed by atoms with E-state index in [0.717, 1.165) is 28.9 Å². The third-order valence-electron chi connectivity index (χ3n) is 2.06. The molecular formula is C8H4ClF3N2O2S. The highest BCUT2D eigenvalue weighted by atomic mass is 35.7. The number of hydrogen-bond donors (Lipinski definition) is 0. The maximum Gasteiger partial charge on any atom is 0.416 e. The Labute approximate surface area is 98.1 Å². The number of fused-ring (bicyclic) bond motifs is 1. The van der Waals surface area contributed by atoms with Crippen LogP contribution in [-0.2, 0) is 15.2 Å². The van der Waals surface area contributed by atoms with E-state index in [1.165, 1.54) is 0 Å². The van der Waals surface area contributed by atoms with Crippen LogP contribution in [0.5, 0.6) is 0 Å². The van der Waals surface area contributed by atoms with Crippen LogP contribution in [0.4, 0.5) is 13.2 Å². The second-order valence-electron chi connectivity index (χ2n) is 3.18. The van der Waals surface area contributed by atoms with Gasteiger partial charge in [0.05, 0.1) is 11.8 Å². The molecule has 2 heterocycles. The Kier molecular flexibility index (Phi) is 2.58. The van der Waals surface area contributed by atoms with E-state index >= 15 is 0 Å². The minimum atomic E-state index is -4.51. The van der Waals surface area contributed by atoms with E-state index in [2.05, 4.69) is 4.98 Å². The summed E-state index contributed by atoms with van der Waals surface area (Å²) in [6.45, 7) is 0. The summed E-state index contributed by atoms with van der Waals surface area (Å²) in [7, 11) is 1.05. The van der Waals surface area contributed by atoms with Crippen molar-refractivity contribution in [3.63, 3.8) is 0 Å². The smallest absolute Gasteiger partial charge is 0.290 e. The van der Waals surface area contributed by atoms with E-state index < -0.39 is 20.8 Å². The normalized spacial score (nSPS) is 13.2. The van der Waals surface area contributed by atoms with Crippen LogP contribution in [0.15, 0.2) is 29.6 Å². The number of halogens is 4. The summed E-state index contributed by atoms with van der Waals surface area (Å²) < 4.78 is 60.2. The molecule has 2 aromatic rings. The minimum absolute atomic E-state index is 0.140. The van der Waals surface area contributed by atoms with Crippen LogP contribution in [0.25, 0.3) is 5.65 Å². The van der Waals surface area contributed by atoms with Gasteiger partial charge in [-0.25, -0.2) is 13.4 Å². The second-order valence-corrected chi connectivity index (χ2v) is 5.69. The van der Waals surface area contributed by atoms with Gasteiger partial charge in [0.25, 0.3) is 9.05 Å². The maximum atomic E-state index is 12.4. The van der Waals surface area contributed by atoms with Gasteiger partial charge in [-0.1, -0.05) is 0 Å². The number of pyridine rings is 1. The summed E-state index contributed by atoms with van der Waals surface area (Å²) in [6, 6.07) is 1.49. The Bertz CT molecular complexity index is 678. The van der Waals surface area contributed by atoms with Crippen molar-refractivity contribution in [3.05, 3.63) is 30.1 Å². The molecule has 0 spiro atoms. The van der Waals surface area contributed by atoms with Gasteiger partial charge < -0.3 is 0 Å². The van der Waals surface area contributed by atoms with Crippen molar-refractivity contribution in [3.8, 4) is 0 Å². The molecule has 0 radical (unpaired) electrons. The lowest BCUT2D eigenvalue weighted by Gasteiger charge is -2.06. The van der Waals surface area contributed by atoms with Crippen molar-refractivity contribution in [2.24, 2.45) is 0 Å². The average molecular weight is 285 g/mol. The van der Waals surface area contributed by atoms with Gasteiger partial charge in [-0.2, -0.15) is 13.2 Å². The van der Waals surface area contributed by atoms with Gasteiger partial charge in [0.1, 0.15) is 5.65 Å². The molecule has 0 aromatic carbocycles. The Hall–Kier alpha value is -1.28. The monoisotopic (exact) mass is 284 g/mol. The highest BCUT2D eigenvalue weighted by Crippen LogP contribution is 2.30. The number of aromatic nitrogens is 2. The van der Waals surface area contributed by atoms with Crippen LogP contribution in [-0.4, -0.2) is 17.8 Å². The zero-order chi connectivity index (χ0) is 12.8. The Morgan fingerprint density at radius 2 is 2.00 bits per heavy atom. The molecule has 2 aromatic heterocycles. The van der Waals surface area contributed by atoms with Crippen LogP contribution in [0.2, 0.25) is 0 Å². The molecular weight excluding hydrogens is 281 g/mol. The standard InChI is InChI=1S/C8H4ClF3N2O2S/c9-17(15,16)7-4-13-6-3-5(8(10,11)12)1-2-14(6)7/h1-4H. The maximum absolute atomic E-state index is 12.4. The lowest BCUT2D eigenvalue weighted by Crippen LogP contribution is -2.06. The van der Waals surface area contributed by atoms with Crippen molar-refractivity contribution in [1.82, 2.24) is 9.38 Å². The van der Waals surface area contributed by atoms with E-state index in [4.69, 9.17) is 10.7 Å². The summed E-state index contributed by atoms with van der Waals surface area (Å²) >= 11 is 0. The van der Waals surface area contributed by atoms with E-state index in [0.29, 0.717) is 0 Å². The molecule has 0 aliphatic rings. The van der Waals surface area contributed by atoms with Gasteiger partial charge in [-0.05, 0) is 12.1 Å². The van der Waals surface area contributed by atoms with Crippen LogP contribution < -0.4 is 0 Å². The van der Waals surface area contributed by atoms with Crippen LogP contribution in [0, 0.1) is 0 Å². The Morgan fingerprint density at radius 1 is 1.35 bits per heavy atom. The van der Waals surface area contributed by atoms with E-state index in [9.17, 15) is 21.6 Å². The number of hydrogen-bond acceptors (Lipinski definition) is 3. The van der Waals surface area contributed by atoms with E-state index in [1.807, 2.05) is 0 Å². The second kappa shape index (κ2) is 3.61. The number of alkyl halides is 3. The van der Waals surface area contributed by atoms with Crippen molar-refractivity contribution in [2.45, 2.75) is 11.2 Å². The van der Waals surface area contributed by atoms with Gasteiger partial charge in [-0.3, -0.25) is 4.40 Å². The number of imidazole rings is 1. The molecule has 0 unspecified atom stereocenters.